The second-order valence-corrected chi connectivity index (χ2v) is 5.29. The predicted octanol–water partition coefficient (Wildman–Crippen LogP) is 2.09. The smallest absolute Gasteiger partial charge is 0.305 e. The van der Waals surface area contributed by atoms with Crippen molar-refractivity contribution in [1.29, 1.82) is 0 Å². The third-order valence-electron chi connectivity index (χ3n) is 3.87. The van der Waals surface area contributed by atoms with Crippen molar-refractivity contribution in [3.63, 3.8) is 0 Å². The van der Waals surface area contributed by atoms with Gasteiger partial charge in [0.15, 0.2) is 0 Å². The van der Waals surface area contributed by atoms with Crippen LogP contribution in [-0.2, 0) is 5.92 Å². The lowest BCUT2D eigenvalue weighted by Gasteiger charge is -2.34. The Morgan fingerprint density at radius 3 is 2.73 bits per heavy atom. The Hall–Kier alpha value is -2.21. The van der Waals surface area contributed by atoms with Crippen LogP contribution in [0.1, 0.15) is 12.0 Å². The first-order valence-electron chi connectivity index (χ1n) is 7.15. The SMILES string of the molecule is CN=C1CC2=C(C=CN1)NC(C(F)(F)c1ccccc1)NC2. The monoisotopic (exact) mass is 304 g/mol. The number of aliphatic imine (C=N–C) groups is 1. The average molecular weight is 304 g/mol. The number of benzene rings is 1. The van der Waals surface area contributed by atoms with Crippen molar-refractivity contribution in [2.45, 2.75) is 18.5 Å². The van der Waals surface area contributed by atoms with E-state index in [0.717, 1.165) is 17.1 Å². The second-order valence-electron chi connectivity index (χ2n) is 5.29. The highest BCUT2D eigenvalue weighted by Gasteiger charge is 2.43. The fraction of sp³-hybridized carbons (Fsp3) is 0.312. The van der Waals surface area contributed by atoms with E-state index >= 15 is 0 Å². The molecule has 2 aliphatic rings. The van der Waals surface area contributed by atoms with Crippen LogP contribution >= 0.6 is 0 Å². The van der Waals surface area contributed by atoms with Crippen molar-refractivity contribution >= 4 is 5.84 Å². The number of hydrogen-bond acceptors (Lipinski definition) is 3. The van der Waals surface area contributed by atoms with Crippen LogP contribution in [0, 0.1) is 0 Å². The maximum absolute atomic E-state index is 14.6. The summed E-state index contributed by atoms with van der Waals surface area (Å²) in [6.07, 6.45) is 2.98. The molecule has 0 fully saturated rings. The molecule has 1 unspecified atom stereocenters. The number of rotatable bonds is 2. The quantitative estimate of drug-likeness (QED) is 0.784. The molecule has 22 heavy (non-hydrogen) atoms. The third kappa shape index (κ3) is 2.74. The summed E-state index contributed by atoms with van der Waals surface area (Å²) in [6, 6.07) is 7.86. The minimum absolute atomic E-state index is 0.00409. The number of hydrogen-bond donors (Lipinski definition) is 3. The molecule has 0 bridgehead atoms. The Morgan fingerprint density at radius 1 is 1.23 bits per heavy atom. The fourth-order valence-electron chi connectivity index (χ4n) is 2.62. The van der Waals surface area contributed by atoms with Gasteiger partial charge in [0, 0.05) is 37.5 Å². The van der Waals surface area contributed by atoms with E-state index in [1.165, 1.54) is 12.1 Å². The zero-order valence-corrected chi connectivity index (χ0v) is 12.2. The second kappa shape index (κ2) is 5.88. The molecule has 2 aliphatic heterocycles. The van der Waals surface area contributed by atoms with Crippen LogP contribution in [0.15, 0.2) is 58.9 Å². The standard InChI is InChI=1S/C16H18F2N4/c1-19-14-9-11-10-21-15(22-13(11)7-8-20-14)16(17,18)12-5-3-2-4-6-12/h2-8,15,21-22H,9-10H2,1H3,(H,19,20). The van der Waals surface area contributed by atoms with Gasteiger partial charge in [0.2, 0.25) is 0 Å². The van der Waals surface area contributed by atoms with Gasteiger partial charge in [-0.2, -0.15) is 8.78 Å². The predicted molar refractivity (Wildman–Crippen MR) is 82.5 cm³/mol. The van der Waals surface area contributed by atoms with E-state index < -0.39 is 12.1 Å². The van der Waals surface area contributed by atoms with Crippen molar-refractivity contribution in [2.24, 2.45) is 4.99 Å². The lowest BCUT2D eigenvalue weighted by atomic mass is 10.0. The summed E-state index contributed by atoms with van der Waals surface area (Å²) in [7, 11) is 1.71. The van der Waals surface area contributed by atoms with Crippen LogP contribution in [0.3, 0.4) is 0 Å². The number of allylic oxidation sites excluding steroid dienone is 1. The lowest BCUT2D eigenvalue weighted by Crippen LogP contribution is -2.56. The first kappa shape index (κ1) is 14.7. The Bertz CT molecular complexity index is 635. The first-order chi connectivity index (χ1) is 10.6. The molecule has 1 atom stereocenters. The van der Waals surface area contributed by atoms with E-state index in [1.807, 2.05) is 0 Å². The minimum atomic E-state index is -3.00. The number of halogens is 2. The normalized spacial score (nSPS) is 23.6. The van der Waals surface area contributed by atoms with Gasteiger partial charge in [0.1, 0.15) is 12.0 Å². The Morgan fingerprint density at radius 2 is 2.00 bits per heavy atom. The van der Waals surface area contributed by atoms with E-state index in [-0.39, 0.29) is 5.56 Å². The van der Waals surface area contributed by atoms with Gasteiger partial charge >= 0.3 is 5.92 Å². The van der Waals surface area contributed by atoms with Gasteiger partial charge in [-0.3, -0.25) is 10.3 Å². The van der Waals surface area contributed by atoms with Crippen molar-refractivity contribution in [1.82, 2.24) is 16.0 Å². The average Bonchev–Trinajstić information content (AvgIpc) is 2.76. The maximum Gasteiger partial charge on any atom is 0.305 e. The third-order valence-corrected chi connectivity index (χ3v) is 3.87. The molecule has 0 amide bonds. The molecule has 1 aromatic rings. The molecule has 0 aliphatic carbocycles. The molecule has 6 heteroatoms. The van der Waals surface area contributed by atoms with Crippen molar-refractivity contribution in [3.05, 3.63) is 59.4 Å². The van der Waals surface area contributed by atoms with Crippen molar-refractivity contribution in [3.8, 4) is 0 Å². The summed E-state index contributed by atoms with van der Waals surface area (Å²) in [5.74, 6) is -2.19. The molecule has 0 saturated heterocycles. The molecule has 0 radical (unpaired) electrons. The van der Waals surface area contributed by atoms with Crippen LogP contribution < -0.4 is 16.0 Å². The summed E-state index contributed by atoms with van der Waals surface area (Å²) in [6.45, 7) is 0.403. The minimum Gasteiger partial charge on any atom is -0.364 e. The molecule has 3 rings (SSSR count). The van der Waals surface area contributed by atoms with E-state index in [9.17, 15) is 8.78 Å². The maximum atomic E-state index is 14.6. The van der Waals surface area contributed by atoms with E-state index in [2.05, 4.69) is 20.9 Å². The molecular weight excluding hydrogens is 286 g/mol. The van der Waals surface area contributed by atoms with Gasteiger partial charge in [-0.25, -0.2) is 0 Å². The van der Waals surface area contributed by atoms with Gasteiger partial charge in [-0.05, 0) is 11.6 Å². The number of nitrogens with one attached hydrogen (secondary N) is 3. The van der Waals surface area contributed by atoms with Gasteiger partial charge < -0.3 is 10.6 Å². The summed E-state index contributed by atoms with van der Waals surface area (Å²) < 4.78 is 29.3. The molecule has 0 saturated carbocycles. The zero-order valence-electron chi connectivity index (χ0n) is 12.2. The van der Waals surface area contributed by atoms with Crippen molar-refractivity contribution < 1.29 is 8.78 Å². The van der Waals surface area contributed by atoms with Crippen molar-refractivity contribution in [2.75, 3.05) is 13.6 Å². The topological polar surface area (TPSA) is 48.5 Å². The number of amidine groups is 1. The van der Waals surface area contributed by atoms with E-state index in [0.29, 0.717) is 13.0 Å². The number of alkyl halides is 2. The molecule has 3 N–H and O–H groups in total. The van der Waals surface area contributed by atoms with Crippen LogP contribution in [-0.4, -0.2) is 25.6 Å². The molecule has 0 aromatic heterocycles. The van der Waals surface area contributed by atoms with Gasteiger partial charge in [0.25, 0.3) is 0 Å². The summed E-state index contributed by atoms with van der Waals surface area (Å²) in [5, 5.41) is 8.85. The first-order valence-corrected chi connectivity index (χ1v) is 7.15. The molecule has 1 aromatic carbocycles. The van der Waals surface area contributed by atoms with Crippen LogP contribution in [0.4, 0.5) is 8.78 Å². The highest BCUT2D eigenvalue weighted by Crippen LogP contribution is 2.32. The van der Waals surface area contributed by atoms with Gasteiger partial charge in [-0.15, -0.1) is 0 Å². The summed E-state index contributed by atoms with van der Waals surface area (Å²) in [5.41, 5.74) is 1.74. The zero-order chi connectivity index (χ0) is 15.6. The summed E-state index contributed by atoms with van der Waals surface area (Å²) in [4.78, 5) is 4.13. The van der Waals surface area contributed by atoms with Gasteiger partial charge in [0.05, 0.1) is 0 Å². The fourth-order valence-corrected chi connectivity index (χ4v) is 2.62. The molecule has 2 heterocycles. The molecular formula is C16H18F2N4. The largest absolute Gasteiger partial charge is 0.364 e. The summed E-state index contributed by atoms with van der Waals surface area (Å²) >= 11 is 0. The highest BCUT2D eigenvalue weighted by atomic mass is 19.3. The molecule has 116 valence electrons. The lowest BCUT2D eigenvalue weighted by molar-refractivity contribution is -0.0525. The van der Waals surface area contributed by atoms with E-state index in [1.54, 1.807) is 37.5 Å². The Labute approximate surface area is 128 Å². The highest BCUT2D eigenvalue weighted by molar-refractivity contribution is 5.86. The van der Waals surface area contributed by atoms with E-state index in [4.69, 9.17) is 0 Å². The van der Waals surface area contributed by atoms with Crippen LogP contribution in [0.5, 0.6) is 0 Å². The Kier molecular flexibility index (Phi) is 3.94. The van der Waals surface area contributed by atoms with Crippen LogP contribution in [0.25, 0.3) is 0 Å². The van der Waals surface area contributed by atoms with Crippen LogP contribution in [0.2, 0.25) is 0 Å². The molecule has 0 spiro atoms. The number of nitrogens with zero attached hydrogens (tertiary/aromatic N) is 1. The molecule has 4 nitrogen and oxygen atoms in total. The Balaban J connectivity index is 1.84. The van der Waals surface area contributed by atoms with Gasteiger partial charge in [-0.1, -0.05) is 30.3 Å².